The molecule has 0 unspecified atom stereocenters. The number of hydrogen-bond acceptors (Lipinski definition) is 3. The topological polar surface area (TPSA) is 59.2 Å². The van der Waals surface area contributed by atoms with Crippen LogP contribution < -0.4 is 5.73 Å². The summed E-state index contributed by atoms with van der Waals surface area (Å²) in [5, 5.41) is 2.24. The van der Waals surface area contributed by atoms with Gasteiger partial charge < -0.3 is 10.6 Å². The molecule has 1 aromatic heterocycles. The average molecular weight is 359 g/mol. The van der Waals surface area contributed by atoms with E-state index in [1.165, 1.54) is 11.1 Å². The van der Waals surface area contributed by atoms with Crippen molar-refractivity contribution in [2.75, 3.05) is 13.1 Å². The van der Waals surface area contributed by atoms with Gasteiger partial charge in [-0.05, 0) is 46.9 Å². The molecule has 0 radical (unpaired) electrons. The Kier molecular flexibility index (Phi) is 5.16. The molecule has 1 amide bonds. The molecule has 4 rings (SSSR count). The molecule has 2 aromatic carbocycles. The van der Waals surface area contributed by atoms with Crippen molar-refractivity contribution in [1.29, 1.82) is 0 Å². The SMILES string of the molecule is NCc1ccccc1C1CCN(C(=O)Cc2ccc3cnccc3c2)CC1. The van der Waals surface area contributed by atoms with Gasteiger partial charge in [0.25, 0.3) is 0 Å². The largest absolute Gasteiger partial charge is 0.342 e. The van der Waals surface area contributed by atoms with Gasteiger partial charge in [-0.15, -0.1) is 0 Å². The number of hydrogen-bond donors (Lipinski definition) is 1. The predicted molar refractivity (Wildman–Crippen MR) is 108 cm³/mol. The number of carbonyl (C=O) groups excluding carboxylic acids is 1. The third-order valence-electron chi connectivity index (χ3n) is 5.62. The van der Waals surface area contributed by atoms with Crippen LogP contribution in [-0.2, 0) is 17.8 Å². The molecule has 0 saturated carbocycles. The summed E-state index contributed by atoms with van der Waals surface area (Å²) >= 11 is 0. The molecular formula is C23H25N3O. The molecule has 4 heteroatoms. The van der Waals surface area contributed by atoms with Crippen LogP contribution in [0.1, 0.15) is 35.4 Å². The van der Waals surface area contributed by atoms with Crippen LogP contribution in [0, 0.1) is 0 Å². The van der Waals surface area contributed by atoms with Crippen LogP contribution in [-0.4, -0.2) is 28.9 Å². The van der Waals surface area contributed by atoms with E-state index in [9.17, 15) is 4.79 Å². The normalized spacial score (nSPS) is 15.2. The molecule has 3 aromatic rings. The first-order chi connectivity index (χ1) is 13.2. The number of piperidine rings is 1. The zero-order valence-corrected chi connectivity index (χ0v) is 15.5. The molecule has 1 aliphatic heterocycles. The van der Waals surface area contributed by atoms with Gasteiger partial charge in [-0.3, -0.25) is 9.78 Å². The summed E-state index contributed by atoms with van der Waals surface area (Å²) in [6, 6.07) is 16.6. The average Bonchev–Trinajstić information content (AvgIpc) is 2.73. The molecule has 138 valence electrons. The highest BCUT2D eigenvalue weighted by atomic mass is 16.2. The smallest absolute Gasteiger partial charge is 0.226 e. The van der Waals surface area contributed by atoms with Crippen LogP contribution in [0.15, 0.2) is 60.9 Å². The minimum Gasteiger partial charge on any atom is -0.342 e. The molecule has 1 saturated heterocycles. The molecule has 1 fully saturated rings. The molecule has 27 heavy (non-hydrogen) atoms. The van der Waals surface area contributed by atoms with Gasteiger partial charge in [0, 0.05) is 37.4 Å². The molecule has 2 heterocycles. The van der Waals surface area contributed by atoms with E-state index in [0.717, 1.165) is 42.3 Å². The van der Waals surface area contributed by atoms with Crippen molar-refractivity contribution in [2.45, 2.75) is 31.7 Å². The van der Waals surface area contributed by atoms with Crippen molar-refractivity contribution in [3.63, 3.8) is 0 Å². The van der Waals surface area contributed by atoms with E-state index in [4.69, 9.17) is 5.73 Å². The fourth-order valence-electron chi connectivity index (χ4n) is 4.09. The lowest BCUT2D eigenvalue weighted by atomic mass is 9.86. The number of carbonyl (C=O) groups is 1. The van der Waals surface area contributed by atoms with Crippen LogP contribution in [0.5, 0.6) is 0 Å². The quantitative estimate of drug-likeness (QED) is 0.774. The maximum atomic E-state index is 12.8. The minimum absolute atomic E-state index is 0.217. The number of likely N-dealkylation sites (tertiary alicyclic amines) is 1. The van der Waals surface area contributed by atoms with Crippen molar-refractivity contribution >= 4 is 16.7 Å². The molecule has 0 bridgehead atoms. The van der Waals surface area contributed by atoms with Crippen LogP contribution in [0.2, 0.25) is 0 Å². The number of rotatable bonds is 4. The van der Waals surface area contributed by atoms with E-state index in [1.54, 1.807) is 6.20 Å². The second-order valence-corrected chi connectivity index (χ2v) is 7.29. The van der Waals surface area contributed by atoms with E-state index >= 15 is 0 Å². The Labute approximate surface area is 160 Å². The number of benzene rings is 2. The van der Waals surface area contributed by atoms with Crippen molar-refractivity contribution in [2.24, 2.45) is 5.73 Å². The maximum absolute atomic E-state index is 12.8. The number of aromatic nitrogens is 1. The Morgan fingerprint density at radius 2 is 1.89 bits per heavy atom. The second kappa shape index (κ2) is 7.89. The lowest BCUT2D eigenvalue weighted by Crippen LogP contribution is -2.39. The van der Waals surface area contributed by atoms with E-state index in [0.29, 0.717) is 18.9 Å². The predicted octanol–water partition coefficient (Wildman–Crippen LogP) is 3.64. The molecule has 0 aliphatic carbocycles. The number of pyridine rings is 1. The Bertz CT molecular complexity index is 945. The standard InChI is InChI=1S/C23H25N3O/c24-15-20-3-1-2-4-22(20)18-8-11-26(12-9-18)23(27)14-17-5-6-21-16-25-10-7-19(21)13-17/h1-7,10,13,16,18H,8-9,11-12,14-15,24H2. The van der Waals surface area contributed by atoms with Crippen molar-refractivity contribution in [3.8, 4) is 0 Å². The zero-order chi connectivity index (χ0) is 18.6. The van der Waals surface area contributed by atoms with Gasteiger partial charge in [0.2, 0.25) is 5.91 Å². The molecule has 0 atom stereocenters. The van der Waals surface area contributed by atoms with Gasteiger partial charge in [-0.1, -0.05) is 42.5 Å². The summed E-state index contributed by atoms with van der Waals surface area (Å²) in [5.41, 5.74) is 9.54. The molecular weight excluding hydrogens is 334 g/mol. The van der Waals surface area contributed by atoms with E-state index < -0.39 is 0 Å². The summed E-state index contributed by atoms with van der Waals surface area (Å²) in [6.07, 6.45) is 6.11. The summed E-state index contributed by atoms with van der Waals surface area (Å²) in [7, 11) is 0. The van der Waals surface area contributed by atoms with Gasteiger partial charge in [0.15, 0.2) is 0 Å². The van der Waals surface area contributed by atoms with E-state index in [1.807, 2.05) is 35.4 Å². The van der Waals surface area contributed by atoms with Gasteiger partial charge in [0.05, 0.1) is 6.42 Å². The fourth-order valence-corrected chi connectivity index (χ4v) is 4.09. The van der Waals surface area contributed by atoms with Gasteiger partial charge in [0.1, 0.15) is 0 Å². The summed E-state index contributed by atoms with van der Waals surface area (Å²) in [5.74, 6) is 0.718. The highest BCUT2D eigenvalue weighted by Crippen LogP contribution is 2.30. The van der Waals surface area contributed by atoms with E-state index in [-0.39, 0.29) is 5.91 Å². The Morgan fingerprint density at radius 3 is 2.70 bits per heavy atom. The monoisotopic (exact) mass is 359 g/mol. The lowest BCUT2D eigenvalue weighted by Gasteiger charge is -2.33. The molecule has 1 aliphatic rings. The Morgan fingerprint density at radius 1 is 1.07 bits per heavy atom. The van der Waals surface area contributed by atoms with Crippen molar-refractivity contribution in [3.05, 3.63) is 77.6 Å². The van der Waals surface area contributed by atoms with Gasteiger partial charge in [-0.25, -0.2) is 0 Å². The number of nitrogens with zero attached hydrogens (tertiary/aromatic N) is 2. The van der Waals surface area contributed by atoms with E-state index in [2.05, 4.69) is 29.2 Å². The number of amides is 1. The number of nitrogens with two attached hydrogens (primary N) is 1. The highest BCUT2D eigenvalue weighted by molar-refractivity contribution is 5.84. The first kappa shape index (κ1) is 17.7. The minimum atomic E-state index is 0.217. The fraction of sp³-hybridized carbons (Fsp3) is 0.304. The van der Waals surface area contributed by atoms with Crippen LogP contribution in [0.4, 0.5) is 0 Å². The third-order valence-corrected chi connectivity index (χ3v) is 5.62. The first-order valence-corrected chi connectivity index (χ1v) is 9.63. The number of fused-ring (bicyclic) bond motifs is 1. The van der Waals surface area contributed by atoms with Crippen LogP contribution >= 0.6 is 0 Å². The van der Waals surface area contributed by atoms with Crippen LogP contribution in [0.3, 0.4) is 0 Å². The third kappa shape index (κ3) is 3.86. The van der Waals surface area contributed by atoms with Gasteiger partial charge >= 0.3 is 0 Å². The Hall–Kier alpha value is -2.72. The molecule has 0 spiro atoms. The van der Waals surface area contributed by atoms with Crippen LogP contribution in [0.25, 0.3) is 10.8 Å². The second-order valence-electron chi connectivity index (χ2n) is 7.29. The van der Waals surface area contributed by atoms with Gasteiger partial charge in [-0.2, -0.15) is 0 Å². The maximum Gasteiger partial charge on any atom is 0.226 e. The summed E-state index contributed by atoms with van der Waals surface area (Å²) < 4.78 is 0. The van der Waals surface area contributed by atoms with Crippen molar-refractivity contribution in [1.82, 2.24) is 9.88 Å². The summed E-state index contributed by atoms with van der Waals surface area (Å²) in [6.45, 7) is 2.21. The lowest BCUT2D eigenvalue weighted by molar-refractivity contribution is -0.131. The molecule has 4 nitrogen and oxygen atoms in total. The first-order valence-electron chi connectivity index (χ1n) is 9.63. The zero-order valence-electron chi connectivity index (χ0n) is 15.5. The molecule has 2 N–H and O–H groups in total. The van der Waals surface area contributed by atoms with Crippen molar-refractivity contribution < 1.29 is 4.79 Å². The summed E-state index contributed by atoms with van der Waals surface area (Å²) in [4.78, 5) is 18.9. The highest BCUT2D eigenvalue weighted by Gasteiger charge is 2.24. The Balaban J connectivity index is 1.39.